The van der Waals surface area contributed by atoms with Crippen LogP contribution in [0.1, 0.15) is 5.56 Å². The van der Waals surface area contributed by atoms with Crippen LogP contribution in [-0.4, -0.2) is 19.6 Å². The molecule has 2 aromatic rings. The maximum Gasteiger partial charge on any atom is 0.243 e. The highest BCUT2D eigenvalue weighted by Gasteiger charge is 2.21. The molecular formula is C16H15BrN2O2. The highest BCUT2D eigenvalue weighted by Crippen LogP contribution is 2.31. The van der Waals surface area contributed by atoms with Crippen molar-refractivity contribution in [2.75, 3.05) is 23.9 Å². The number of para-hydroxylation sites is 2. The van der Waals surface area contributed by atoms with Crippen molar-refractivity contribution in [2.45, 2.75) is 6.54 Å². The van der Waals surface area contributed by atoms with Gasteiger partial charge in [0, 0.05) is 6.54 Å². The number of fused-ring (bicyclic) bond motifs is 1. The third-order valence-corrected chi connectivity index (χ3v) is 4.06. The van der Waals surface area contributed by atoms with Crippen molar-refractivity contribution >= 4 is 33.2 Å². The van der Waals surface area contributed by atoms with E-state index in [0.717, 1.165) is 27.2 Å². The quantitative estimate of drug-likeness (QED) is 0.925. The number of nitrogens with one attached hydrogen (secondary N) is 1. The number of halogens is 1. The molecule has 0 radical (unpaired) electrons. The Morgan fingerprint density at radius 2 is 2.10 bits per heavy atom. The molecule has 0 aliphatic carbocycles. The number of amides is 1. The summed E-state index contributed by atoms with van der Waals surface area (Å²) in [4.78, 5) is 13.9. The Labute approximate surface area is 131 Å². The molecule has 0 saturated heterocycles. The van der Waals surface area contributed by atoms with E-state index >= 15 is 0 Å². The standard InChI is InChI=1S/C16H15BrN2O2/c1-21-15-7-6-11(8-12(15)17)9-19-10-16(20)18-13-4-2-3-5-14(13)19/h2-8H,9-10H2,1H3,(H,18,20). The van der Waals surface area contributed by atoms with Gasteiger partial charge in [-0.25, -0.2) is 0 Å². The zero-order chi connectivity index (χ0) is 14.8. The Bertz CT molecular complexity index is 688. The monoisotopic (exact) mass is 346 g/mol. The van der Waals surface area contributed by atoms with Crippen LogP contribution in [0.2, 0.25) is 0 Å². The third kappa shape index (κ3) is 2.88. The minimum Gasteiger partial charge on any atom is -0.496 e. The van der Waals surface area contributed by atoms with Gasteiger partial charge in [0.25, 0.3) is 0 Å². The Balaban J connectivity index is 1.88. The number of hydrogen-bond donors (Lipinski definition) is 1. The number of rotatable bonds is 3. The van der Waals surface area contributed by atoms with Crippen LogP contribution in [0.4, 0.5) is 11.4 Å². The fourth-order valence-electron chi connectivity index (χ4n) is 2.47. The molecule has 2 aromatic carbocycles. The molecule has 0 aromatic heterocycles. The summed E-state index contributed by atoms with van der Waals surface area (Å²) in [6.07, 6.45) is 0. The molecule has 1 amide bonds. The molecule has 108 valence electrons. The number of carbonyl (C=O) groups excluding carboxylic acids is 1. The highest BCUT2D eigenvalue weighted by atomic mass is 79.9. The molecule has 0 unspecified atom stereocenters. The molecule has 0 spiro atoms. The van der Waals surface area contributed by atoms with E-state index in [2.05, 4.69) is 26.1 Å². The fourth-order valence-corrected chi connectivity index (χ4v) is 3.06. The number of anilines is 2. The summed E-state index contributed by atoms with van der Waals surface area (Å²) in [5.41, 5.74) is 3.03. The van der Waals surface area contributed by atoms with Crippen molar-refractivity contribution in [3.05, 3.63) is 52.5 Å². The van der Waals surface area contributed by atoms with Crippen LogP contribution in [0.3, 0.4) is 0 Å². The van der Waals surface area contributed by atoms with Gasteiger partial charge in [0.2, 0.25) is 5.91 Å². The molecule has 3 rings (SSSR count). The fraction of sp³-hybridized carbons (Fsp3) is 0.188. The predicted octanol–water partition coefficient (Wildman–Crippen LogP) is 3.42. The maximum atomic E-state index is 11.8. The first-order chi connectivity index (χ1) is 10.2. The Kier molecular flexibility index (Phi) is 3.84. The van der Waals surface area contributed by atoms with Crippen molar-refractivity contribution < 1.29 is 9.53 Å². The molecule has 1 N–H and O–H groups in total. The van der Waals surface area contributed by atoms with E-state index in [1.54, 1.807) is 7.11 Å². The van der Waals surface area contributed by atoms with E-state index in [9.17, 15) is 4.79 Å². The minimum absolute atomic E-state index is 0.0151. The molecular weight excluding hydrogens is 332 g/mol. The van der Waals surface area contributed by atoms with Gasteiger partial charge < -0.3 is 15.0 Å². The lowest BCUT2D eigenvalue weighted by atomic mass is 10.1. The summed E-state index contributed by atoms with van der Waals surface area (Å²) in [5, 5.41) is 2.90. The minimum atomic E-state index is 0.0151. The second kappa shape index (κ2) is 5.77. The molecule has 1 aliphatic heterocycles. The Hall–Kier alpha value is -2.01. The van der Waals surface area contributed by atoms with E-state index in [0.29, 0.717) is 13.1 Å². The van der Waals surface area contributed by atoms with Crippen LogP contribution in [0.15, 0.2) is 46.9 Å². The topological polar surface area (TPSA) is 41.6 Å². The summed E-state index contributed by atoms with van der Waals surface area (Å²) in [6.45, 7) is 1.04. The third-order valence-electron chi connectivity index (χ3n) is 3.44. The van der Waals surface area contributed by atoms with Crippen LogP contribution >= 0.6 is 15.9 Å². The predicted molar refractivity (Wildman–Crippen MR) is 86.8 cm³/mol. The maximum absolute atomic E-state index is 11.8. The molecule has 5 heteroatoms. The lowest BCUT2D eigenvalue weighted by Crippen LogP contribution is -2.37. The molecule has 1 heterocycles. The van der Waals surface area contributed by atoms with Crippen LogP contribution in [0.5, 0.6) is 5.75 Å². The zero-order valence-corrected chi connectivity index (χ0v) is 13.2. The molecule has 1 aliphatic rings. The number of nitrogens with zero attached hydrogens (tertiary/aromatic N) is 1. The van der Waals surface area contributed by atoms with E-state index in [-0.39, 0.29) is 5.91 Å². The molecule has 0 saturated carbocycles. The van der Waals surface area contributed by atoms with Crippen molar-refractivity contribution in [1.29, 1.82) is 0 Å². The lowest BCUT2D eigenvalue weighted by Gasteiger charge is -2.31. The van der Waals surface area contributed by atoms with Gasteiger partial charge in [0.05, 0.1) is 29.5 Å². The summed E-state index contributed by atoms with van der Waals surface area (Å²) >= 11 is 3.49. The van der Waals surface area contributed by atoms with Crippen molar-refractivity contribution in [3.63, 3.8) is 0 Å². The average molecular weight is 347 g/mol. The first-order valence-electron chi connectivity index (χ1n) is 6.63. The van der Waals surface area contributed by atoms with Crippen molar-refractivity contribution in [3.8, 4) is 5.75 Å². The average Bonchev–Trinajstić information content (AvgIpc) is 2.47. The molecule has 0 fully saturated rings. The molecule has 4 nitrogen and oxygen atoms in total. The van der Waals surface area contributed by atoms with Gasteiger partial charge >= 0.3 is 0 Å². The number of ether oxygens (including phenoxy) is 1. The van der Waals surface area contributed by atoms with Gasteiger partial charge in [0.1, 0.15) is 5.75 Å². The van der Waals surface area contributed by atoms with Crippen LogP contribution in [0, 0.1) is 0 Å². The molecule has 21 heavy (non-hydrogen) atoms. The first-order valence-corrected chi connectivity index (χ1v) is 7.43. The Morgan fingerprint density at radius 1 is 1.29 bits per heavy atom. The molecule has 0 bridgehead atoms. The molecule has 0 atom stereocenters. The van der Waals surface area contributed by atoms with E-state index in [1.165, 1.54) is 0 Å². The second-order valence-electron chi connectivity index (χ2n) is 4.89. The SMILES string of the molecule is COc1ccc(CN2CC(=O)Nc3ccccc32)cc1Br. The summed E-state index contributed by atoms with van der Waals surface area (Å²) < 4.78 is 6.15. The van der Waals surface area contributed by atoms with Crippen LogP contribution in [-0.2, 0) is 11.3 Å². The van der Waals surface area contributed by atoms with Gasteiger partial charge in [-0.05, 0) is 45.8 Å². The highest BCUT2D eigenvalue weighted by molar-refractivity contribution is 9.10. The summed E-state index contributed by atoms with van der Waals surface area (Å²) in [6, 6.07) is 13.8. The van der Waals surface area contributed by atoms with Gasteiger partial charge in [-0.3, -0.25) is 4.79 Å². The smallest absolute Gasteiger partial charge is 0.243 e. The van der Waals surface area contributed by atoms with Crippen molar-refractivity contribution in [2.24, 2.45) is 0 Å². The second-order valence-corrected chi connectivity index (χ2v) is 5.74. The number of benzene rings is 2. The normalized spacial score (nSPS) is 13.6. The first kappa shape index (κ1) is 13.9. The zero-order valence-electron chi connectivity index (χ0n) is 11.6. The van der Waals surface area contributed by atoms with Gasteiger partial charge in [-0.15, -0.1) is 0 Å². The number of hydrogen-bond acceptors (Lipinski definition) is 3. The summed E-state index contributed by atoms with van der Waals surface area (Å²) in [5.74, 6) is 0.816. The van der Waals surface area contributed by atoms with Gasteiger partial charge in [-0.1, -0.05) is 18.2 Å². The van der Waals surface area contributed by atoms with Gasteiger partial charge in [-0.2, -0.15) is 0 Å². The van der Waals surface area contributed by atoms with E-state index in [1.807, 2.05) is 42.5 Å². The number of methoxy groups -OCH3 is 1. The van der Waals surface area contributed by atoms with Crippen molar-refractivity contribution in [1.82, 2.24) is 0 Å². The van der Waals surface area contributed by atoms with Crippen LogP contribution in [0.25, 0.3) is 0 Å². The lowest BCUT2D eigenvalue weighted by molar-refractivity contribution is -0.115. The largest absolute Gasteiger partial charge is 0.496 e. The van der Waals surface area contributed by atoms with Gasteiger partial charge in [0.15, 0.2) is 0 Å². The number of carbonyl (C=O) groups is 1. The Morgan fingerprint density at radius 3 is 2.86 bits per heavy atom. The van der Waals surface area contributed by atoms with E-state index in [4.69, 9.17) is 4.74 Å². The van der Waals surface area contributed by atoms with Crippen LogP contribution < -0.4 is 15.0 Å². The van der Waals surface area contributed by atoms with E-state index < -0.39 is 0 Å². The summed E-state index contributed by atoms with van der Waals surface area (Å²) in [7, 11) is 1.64.